The van der Waals surface area contributed by atoms with Gasteiger partial charge in [-0.3, -0.25) is 9.59 Å². The summed E-state index contributed by atoms with van der Waals surface area (Å²) in [5, 5.41) is 7.82. The van der Waals surface area contributed by atoms with Crippen molar-refractivity contribution >= 4 is 23.3 Å². The highest BCUT2D eigenvalue weighted by Crippen LogP contribution is 2.26. The lowest BCUT2D eigenvalue weighted by Gasteiger charge is -1.99. The summed E-state index contributed by atoms with van der Waals surface area (Å²) >= 11 is 1.06. The van der Waals surface area contributed by atoms with Crippen molar-refractivity contribution in [3.05, 3.63) is 52.6 Å². The number of aryl methyl sites for hydroxylation is 1. The summed E-state index contributed by atoms with van der Waals surface area (Å²) < 4.78 is 19.2. The van der Waals surface area contributed by atoms with Gasteiger partial charge >= 0.3 is 0 Å². The molecule has 0 radical (unpaired) electrons. The summed E-state index contributed by atoms with van der Waals surface area (Å²) in [5.74, 6) is -0.623. The van der Waals surface area contributed by atoms with E-state index in [0.29, 0.717) is 22.5 Å². The molecular formula is C18H16FN3O3S. The number of carbonyl (C=O) groups excluding carboxylic acids is 2. The van der Waals surface area contributed by atoms with Gasteiger partial charge in [-0.1, -0.05) is 23.9 Å². The highest BCUT2D eigenvalue weighted by atomic mass is 32.2. The van der Waals surface area contributed by atoms with Gasteiger partial charge in [0.25, 0.3) is 11.1 Å². The molecule has 0 saturated carbocycles. The van der Waals surface area contributed by atoms with Gasteiger partial charge in [-0.25, -0.2) is 4.39 Å². The van der Waals surface area contributed by atoms with Crippen LogP contribution in [-0.2, 0) is 0 Å². The average molecular weight is 373 g/mol. The van der Waals surface area contributed by atoms with Crippen molar-refractivity contribution in [3.63, 3.8) is 0 Å². The summed E-state index contributed by atoms with van der Waals surface area (Å²) in [6.07, 6.45) is 0. The van der Waals surface area contributed by atoms with Crippen LogP contribution >= 0.6 is 11.8 Å². The van der Waals surface area contributed by atoms with Gasteiger partial charge in [0.1, 0.15) is 5.82 Å². The number of H-pyrrole nitrogens is 1. The number of nitrogens with one attached hydrogen (secondary N) is 1. The van der Waals surface area contributed by atoms with Crippen LogP contribution in [0.15, 0.2) is 33.9 Å². The number of aromatic amines is 1. The number of thioether (sulfide) groups is 1. The molecule has 0 fully saturated rings. The molecule has 2 aromatic heterocycles. The fourth-order valence-electron chi connectivity index (χ4n) is 2.77. The smallest absolute Gasteiger partial charge is 0.277 e. The number of rotatable bonds is 6. The van der Waals surface area contributed by atoms with Crippen LogP contribution < -0.4 is 0 Å². The molecule has 0 aliphatic rings. The van der Waals surface area contributed by atoms with Crippen LogP contribution in [0, 0.1) is 19.7 Å². The van der Waals surface area contributed by atoms with E-state index >= 15 is 0 Å². The molecule has 134 valence electrons. The first-order valence-electron chi connectivity index (χ1n) is 7.83. The van der Waals surface area contributed by atoms with Crippen molar-refractivity contribution in [2.75, 3.05) is 5.75 Å². The lowest BCUT2D eigenvalue weighted by molar-refractivity contribution is 0.101. The Labute approximate surface area is 153 Å². The SMILES string of the molecule is CC(=O)c1c(C)[nH]c(C(=O)CSc2nnc(-c3ccccc3F)o2)c1C. The second-order valence-corrected chi connectivity index (χ2v) is 6.67. The number of halogens is 1. The second-order valence-electron chi connectivity index (χ2n) is 5.75. The summed E-state index contributed by atoms with van der Waals surface area (Å²) in [7, 11) is 0. The molecule has 1 aromatic carbocycles. The zero-order valence-corrected chi connectivity index (χ0v) is 15.2. The normalized spacial score (nSPS) is 10.9. The van der Waals surface area contributed by atoms with E-state index in [9.17, 15) is 14.0 Å². The van der Waals surface area contributed by atoms with E-state index in [0.717, 1.165) is 11.8 Å². The number of Topliss-reactive ketones (excluding diaryl/α,β-unsaturated/α-hetero) is 2. The fourth-order valence-corrected chi connectivity index (χ4v) is 3.40. The molecule has 2 heterocycles. The maximum atomic E-state index is 13.7. The quantitative estimate of drug-likeness (QED) is 0.519. The lowest BCUT2D eigenvalue weighted by atomic mass is 10.1. The van der Waals surface area contributed by atoms with Crippen molar-refractivity contribution in [1.82, 2.24) is 15.2 Å². The van der Waals surface area contributed by atoms with Crippen molar-refractivity contribution in [3.8, 4) is 11.5 Å². The van der Waals surface area contributed by atoms with Crippen LogP contribution in [0.3, 0.4) is 0 Å². The Bertz CT molecular complexity index is 993. The number of nitrogens with zero attached hydrogens (tertiary/aromatic N) is 2. The van der Waals surface area contributed by atoms with Gasteiger partial charge in [0.15, 0.2) is 11.6 Å². The molecule has 8 heteroatoms. The van der Waals surface area contributed by atoms with Crippen LogP contribution in [0.4, 0.5) is 4.39 Å². The molecule has 0 spiro atoms. The Kier molecular flexibility index (Phi) is 5.03. The first kappa shape index (κ1) is 18.1. The molecule has 26 heavy (non-hydrogen) atoms. The highest BCUT2D eigenvalue weighted by molar-refractivity contribution is 7.99. The van der Waals surface area contributed by atoms with E-state index in [1.165, 1.54) is 19.1 Å². The van der Waals surface area contributed by atoms with Crippen LogP contribution in [0.25, 0.3) is 11.5 Å². The molecule has 6 nitrogen and oxygen atoms in total. The fraction of sp³-hybridized carbons (Fsp3) is 0.222. The van der Waals surface area contributed by atoms with Gasteiger partial charge in [-0.2, -0.15) is 0 Å². The number of hydrogen-bond donors (Lipinski definition) is 1. The van der Waals surface area contributed by atoms with Crippen LogP contribution in [-0.4, -0.2) is 32.5 Å². The van der Waals surface area contributed by atoms with Gasteiger partial charge in [-0.05, 0) is 38.5 Å². The molecule has 0 aliphatic carbocycles. The first-order valence-corrected chi connectivity index (χ1v) is 8.81. The minimum Gasteiger partial charge on any atom is -0.411 e. The molecule has 0 bridgehead atoms. The third-order valence-corrected chi connectivity index (χ3v) is 4.72. The van der Waals surface area contributed by atoms with E-state index in [2.05, 4.69) is 15.2 Å². The highest BCUT2D eigenvalue weighted by Gasteiger charge is 2.21. The number of carbonyl (C=O) groups is 2. The molecule has 0 atom stereocenters. The lowest BCUT2D eigenvalue weighted by Crippen LogP contribution is -2.05. The molecule has 0 aliphatic heterocycles. The van der Waals surface area contributed by atoms with E-state index in [-0.39, 0.29) is 34.0 Å². The van der Waals surface area contributed by atoms with Gasteiger partial charge in [-0.15, -0.1) is 10.2 Å². The molecule has 1 N–H and O–H groups in total. The van der Waals surface area contributed by atoms with Crippen molar-refractivity contribution in [1.29, 1.82) is 0 Å². The summed E-state index contributed by atoms with van der Waals surface area (Å²) in [6.45, 7) is 4.96. The van der Waals surface area contributed by atoms with E-state index in [1.54, 1.807) is 26.0 Å². The Morgan fingerprint density at radius 1 is 1.23 bits per heavy atom. The standard InChI is InChI=1S/C18H16FN3O3S/c1-9-15(11(3)23)10(2)20-16(9)14(24)8-26-18-22-21-17(25-18)12-6-4-5-7-13(12)19/h4-7,20H,8H2,1-3H3. The van der Waals surface area contributed by atoms with Gasteiger partial charge < -0.3 is 9.40 Å². The zero-order chi connectivity index (χ0) is 18.8. The summed E-state index contributed by atoms with van der Waals surface area (Å²) in [6, 6.07) is 6.08. The minimum absolute atomic E-state index is 0.0526. The molecular weight excluding hydrogens is 357 g/mol. The molecule has 3 aromatic rings. The third-order valence-electron chi connectivity index (χ3n) is 3.91. The van der Waals surface area contributed by atoms with E-state index < -0.39 is 5.82 Å². The Hall–Kier alpha value is -2.74. The first-order chi connectivity index (χ1) is 12.4. The zero-order valence-electron chi connectivity index (χ0n) is 14.4. The third kappa shape index (κ3) is 3.45. The van der Waals surface area contributed by atoms with E-state index in [4.69, 9.17) is 4.42 Å². The van der Waals surface area contributed by atoms with Gasteiger partial charge in [0, 0.05) is 11.3 Å². The van der Waals surface area contributed by atoms with Crippen LogP contribution in [0.2, 0.25) is 0 Å². The van der Waals surface area contributed by atoms with E-state index in [1.807, 2.05) is 0 Å². The Morgan fingerprint density at radius 2 is 1.96 bits per heavy atom. The topological polar surface area (TPSA) is 88.9 Å². The Balaban J connectivity index is 1.72. The Morgan fingerprint density at radius 3 is 2.62 bits per heavy atom. The summed E-state index contributed by atoms with van der Waals surface area (Å²) in [4.78, 5) is 27.1. The van der Waals surface area contributed by atoms with Crippen molar-refractivity contribution < 1.29 is 18.4 Å². The molecule has 0 unspecified atom stereocenters. The van der Waals surface area contributed by atoms with Gasteiger partial charge in [0.2, 0.25) is 0 Å². The molecule has 0 saturated heterocycles. The van der Waals surface area contributed by atoms with Gasteiger partial charge in [0.05, 0.1) is 17.0 Å². The molecule has 3 rings (SSSR count). The van der Waals surface area contributed by atoms with Crippen LogP contribution in [0.5, 0.6) is 0 Å². The maximum Gasteiger partial charge on any atom is 0.277 e. The van der Waals surface area contributed by atoms with Crippen molar-refractivity contribution in [2.24, 2.45) is 0 Å². The largest absolute Gasteiger partial charge is 0.411 e. The second kappa shape index (κ2) is 7.25. The summed E-state index contributed by atoms with van der Waals surface area (Å²) in [5.41, 5.74) is 2.45. The molecule has 0 amide bonds. The minimum atomic E-state index is -0.460. The van der Waals surface area contributed by atoms with Crippen molar-refractivity contribution in [2.45, 2.75) is 26.0 Å². The number of hydrogen-bond acceptors (Lipinski definition) is 6. The predicted molar refractivity (Wildman–Crippen MR) is 95.0 cm³/mol. The van der Waals surface area contributed by atoms with Crippen LogP contribution in [0.1, 0.15) is 39.0 Å². The maximum absolute atomic E-state index is 13.7. The number of benzene rings is 1. The average Bonchev–Trinajstić information content (AvgIpc) is 3.17. The monoisotopic (exact) mass is 373 g/mol. The number of aromatic nitrogens is 3. The number of ketones is 2. The predicted octanol–water partition coefficient (Wildman–Crippen LogP) is 4.00.